The van der Waals surface area contributed by atoms with Crippen LogP contribution in [0.15, 0.2) is 0 Å². The van der Waals surface area contributed by atoms with Crippen molar-refractivity contribution in [3.63, 3.8) is 0 Å². The molecule has 0 aromatic carbocycles. The van der Waals surface area contributed by atoms with E-state index in [1.165, 1.54) is 180 Å². The van der Waals surface area contributed by atoms with Crippen molar-refractivity contribution in [3.8, 4) is 0 Å². The second-order valence-corrected chi connectivity index (χ2v) is 14.9. The second-order valence-electron chi connectivity index (χ2n) is 14.9. The van der Waals surface area contributed by atoms with Crippen LogP contribution in [0.3, 0.4) is 0 Å². The maximum Gasteiger partial charge on any atom is 0.220 e. The first-order valence-electron chi connectivity index (χ1n) is 21.3. The van der Waals surface area contributed by atoms with Crippen LogP contribution in [0, 0.1) is 0 Å². The summed E-state index contributed by atoms with van der Waals surface area (Å²) in [4.78, 5) is 12.4. The highest BCUT2D eigenvalue weighted by molar-refractivity contribution is 5.76. The summed E-state index contributed by atoms with van der Waals surface area (Å²) in [6, 6.07) is -0.801. The Morgan fingerprint density at radius 3 is 1.02 bits per heavy atom. The third-order valence-corrected chi connectivity index (χ3v) is 10.2. The first-order chi connectivity index (χ1) is 23.1. The van der Waals surface area contributed by atoms with Gasteiger partial charge in [-0.25, -0.2) is 0 Å². The molecule has 0 aromatic rings. The number of aliphatic hydroxyl groups excluding tert-OH is 3. The Balaban J connectivity index is 3.56. The lowest BCUT2D eigenvalue weighted by Gasteiger charge is -2.26. The van der Waals surface area contributed by atoms with E-state index in [0.29, 0.717) is 12.8 Å². The van der Waals surface area contributed by atoms with Gasteiger partial charge in [-0.3, -0.25) is 4.79 Å². The first-order valence-corrected chi connectivity index (χ1v) is 21.3. The fraction of sp³-hybridized carbons (Fsp3) is 0.976. The molecule has 3 unspecified atom stereocenters. The summed E-state index contributed by atoms with van der Waals surface area (Å²) in [5.41, 5.74) is 0. The zero-order valence-electron chi connectivity index (χ0n) is 31.9. The van der Waals surface area contributed by atoms with Crippen molar-refractivity contribution in [1.82, 2.24) is 5.32 Å². The zero-order valence-corrected chi connectivity index (χ0v) is 31.9. The normalized spacial score (nSPS) is 13.6. The molecule has 0 spiro atoms. The van der Waals surface area contributed by atoms with Crippen LogP contribution in [0.4, 0.5) is 0 Å². The van der Waals surface area contributed by atoms with Gasteiger partial charge in [0.05, 0.1) is 18.8 Å². The van der Waals surface area contributed by atoms with Gasteiger partial charge in [0.1, 0.15) is 6.10 Å². The van der Waals surface area contributed by atoms with Gasteiger partial charge in [0, 0.05) is 6.42 Å². The first kappa shape index (κ1) is 46.4. The SMILES string of the molecule is CCCCCCCCCCCCCCCCCCCCCCCC(=O)NC(CO)C(O)C(O)CCCCCCCCCCCCCC. The van der Waals surface area contributed by atoms with Crippen molar-refractivity contribution in [3.05, 3.63) is 0 Å². The van der Waals surface area contributed by atoms with E-state index in [2.05, 4.69) is 19.2 Å². The van der Waals surface area contributed by atoms with Crippen LogP contribution in [0.5, 0.6) is 0 Å². The summed E-state index contributed by atoms with van der Waals surface area (Å²) in [6.45, 7) is 4.18. The number of amides is 1. The van der Waals surface area contributed by atoms with E-state index in [1.54, 1.807) is 0 Å². The molecule has 0 rings (SSSR count). The fourth-order valence-corrected chi connectivity index (χ4v) is 6.87. The minimum absolute atomic E-state index is 0.140. The molecule has 0 aliphatic rings. The lowest BCUT2D eigenvalue weighted by Crippen LogP contribution is -2.50. The molecule has 0 aliphatic heterocycles. The summed E-state index contributed by atoms with van der Waals surface area (Å²) < 4.78 is 0. The van der Waals surface area contributed by atoms with E-state index < -0.39 is 18.2 Å². The van der Waals surface area contributed by atoms with E-state index in [4.69, 9.17) is 0 Å². The molecular formula is C42H85NO4. The highest BCUT2D eigenvalue weighted by Crippen LogP contribution is 2.17. The number of aliphatic hydroxyl groups is 3. The molecule has 0 aromatic heterocycles. The van der Waals surface area contributed by atoms with E-state index in [1.807, 2.05) is 0 Å². The van der Waals surface area contributed by atoms with Crippen molar-refractivity contribution in [2.75, 3.05) is 6.61 Å². The Hall–Kier alpha value is -0.650. The summed E-state index contributed by atoms with van der Waals surface area (Å²) in [6.07, 6.45) is 42.1. The molecule has 5 heteroatoms. The van der Waals surface area contributed by atoms with Crippen LogP contribution in [0.2, 0.25) is 0 Å². The molecule has 0 radical (unpaired) electrons. The van der Waals surface area contributed by atoms with Gasteiger partial charge in [0.25, 0.3) is 0 Å². The predicted octanol–water partition coefficient (Wildman–Crippen LogP) is 11.9. The number of hydrogen-bond acceptors (Lipinski definition) is 4. The van der Waals surface area contributed by atoms with Crippen LogP contribution in [0.1, 0.15) is 239 Å². The van der Waals surface area contributed by atoms with Gasteiger partial charge in [-0.2, -0.15) is 0 Å². The predicted molar refractivity (Wildman–Crippen MR) is 204 cm³/mol. The molecule has 0 saturated heterocycles. The second kappa shape index (κ2) is 38.2. The quantitative estimate of drug-likeness (QED) is 0.0491. The molecule has 0 aliphatic carbocycles. The van der Waals surface area contributed by atoms with Crippen LogP contribution in [-0.4, -0.2) is 46.1 Å². The number of unbranched alkanes of at least 4 members (excludes halogenated alkanes) is 31. The molecule has 282 valence electrons. The molecule has 5 nitrogen and oxygen atoms in total. The summed E-state index contributed by atoms with van der Waals surface area (Å²) in [5, 5.41) is 33.4. The lowest BCUT2D eigenvalue weighted by atomic mass is 9.99. The third kappa shape index (κ3) is 33.6. The van der Waals surface area contributed by atoms with Gasteiger partial charge in [0.15, 0.2) is 0 Å². The smallest absolute Gasteiger partial charge is 0.220 e. The number of carbonyl (C=O) groups excluding carboxylic acids is 1. The van der Waals surface area contributed by atoms with Crippen LogP contribution in [0.25, 0.3) is 0 Å². The van der Waals surface area contributed by atoms with Crippen LogP contribution >= 0.6 is 0 Å². The Morgan fingerprint density at radius 1 is 0.447 bits per heavy atom. The van der Waals surface area contributed by atoms with Crippen molar-refractivity contribution in [1.29, 1.82) is 0 Å². The Morgan fingerprint density at radius 2 is 0.723 bits per heavy atom. The lowest BCUT2D eigenvalue weighted by molar-refractivity contribution is -0.124. The van der Waals surface area contributed by atoms with Crippen molar-refractivity contribution in [2.24, 2.45) is 0 Å². The number of rotatable bonds is 39. The molecule has 0 fully saturated rings. The largest absolute Gasteiger partial charge is 0.394 e. The van der Waals surface area contributed by atoms with Gasteiger partial charge in [-0.1, -0.05) is 219 Å². The molecule has 4 N–H and O–H groups in total. The van der Waals surface area contributed by atoms with Crippen molar-refractivity contribution >= 4 is 5.91 Å². The van der Waals surface area contributed by atoms with Crippen molar-refractivity contribution < 1.29 is 20.1 Å². The third-order valence-electron chi connectivity index (χ3n) is 10.2. The van der Waals surface area contributed by atoms with Gasteiger partial charge in [-0.15, -0.1) is 0 Å². The summed E-state index contributed by atoms with van der Waals surface area (Å²) in [5.74, 6) is -0.140. The monoisotopic (exact) mass is 668 g/mol. The maximum atomic E-state index is 12.4. The summed E-state index contributed by atoms with van der Waals surface area (Å²) in [7, 11) is 0. The maximum absolute atomic E-state index is 12.4. The van der Waals surface area contributed by atoms with Gasteiger partial charge in [0.2, 0.25) is 5.91 Å². The van der Waals surface area contributed by atoms with Crippen LogP contribution < -0.4 is 5.32 Å². The fourth-order valence-electron chi connectivity index (χ4n) is 6.87. The highest BCUT2D eigenvalue weighted by atomic mass is 16.3. The average Bonchev–Trinajstić information content (AvgIpc) is 3.07. The summed E-state index contributed by atoms with van der Waals surface area (Å²) >= 11 is 0. The van der Waals surface area contributed by atoms with E-state index >= 15 is 0 Å². The Kier molecular flexibility index (Phi) is 37.6. The van der Waals surface area contributed by atoms with Crippen LogP contribution in [-0.2, 0) is 4.79 Å². The molecule has 0 bridgehead atoms. The van der Waals surface area contributed by atoms with E-state index in [-0.39, 0.29) is 12.5 Å². The Bertz CT molecular complexity index is 615. The number of carbonyl (C=O) groups is 1. The van der Waals surface area contributed by atoms with Crippen molar-refractivity contribution in [2.45, 2.75) is 257 Å². The van der Waals surface area contributed by atoms with E-state index in [9.17, 15) is 20.1 Å². The number of nitrogens with one attached hydrogen (secondary N) is 1. The molecule has 47 heavy (non-hydrogen) atoms. The molecule has 1 amide bonds. The average molecular weight is 668 g/mol. The highest BCUT2D eigenvalue weighted by Gasteiger charge is 2.26. The number of hydrogen-bond donors (Lipinski definition) is 4. The molecular weight excluding hydrogens is 582 g/mol. The Labute approximate surface area is 294 Å². The van der Waals surface area contributed by atoms with Gasteiger partial charge < -0.3 is 20.6 Å². The van der Waals surface area contributed by atoms with Gasteiger partial charge in [-0.05, 0) is 12.8 Å². The molecule has 0 saturated carbocycles. The standard InChI is InChI=1S/C42H85NO4/c1-3-5-7-9-11-13-15-17-18-19-20-21-22-23-24-25-27-29-31-33-35-37-41(46)43-39(38-44)42(47)40(45)36-34-32-30-28-26-16-14-12-10-8-6-4-2/h39-40,42,44-45,47H,3-38H2,1-2H3,(H,43,46). The zero-order chi connectivity index (χ0) is 34.5. The molecule has 3 atom stereocenters. The van der Waals surface area contributed by atoms with E-state index in [0.717, 1.165) is 32.1 Å². The van der Waals surface area contributed by atoms with Gasteiger partial charge >= 0.3 is 0 Å². The topological polar surface area (TPSA) is 89.8 Å². The molecule has 0 heterocycles. The minimum Gasteiger partial charge on any atom is -0.394 e. The minimum atomic E-state index is -1.13.